The number of carbonyl (C=O) groups is 1. The summed E-state index contributed by atoms with van der Waals surface area (Å²) in [5.41, 5.74) is 0.369. The van der Waals surface area contributed by atoms with E-state index in [0.717, 1.165) is 6.07 Å². The van der Waals surface area contributed by atoms with Gasteiger partial charge in [0, 0.05) is 11.5 Å². The average molecular weight is 199 g/mol. The number of rotatable bonds is 0. The Morgan fingerprint density at radius 1 is 1.54 bits per heavy atom. The van der Waals surface area contributed by atoms with Gasteiger partial charge in [-0.05, 0) is 18.2 Å². The maximum Gasteiger partial charge on any atom is 0.382 e. The van der Waals surface area contributed by atoms with Crippen molar-refractivity contribution in [3.05, 3.63) is 34.6 Å². The van der Waals surface area contributed by atoms with Gasteiger partial charge in [0.1, 0.15) is 5.82 Å². The molecule has 0 saturated carbocycles. The molecule has 0 aliphatic heterocycles. The Balaban J connectivity index is 3.00. The van der Waals surface area contributed by atoms with Crippen molar-refractivity contribution in [1.29, 1.82) is 0 Å². The normalized spacial score (nSPS) is 8.77. The first-order chi connectivity index (χ1) is 6.09. The molecule has 1 rings (SSSR count). The minimum absolute atomic E-state index is 0.0720. The highest BCUT2D eigenvalue weighted by Gasteiger charge is 1.98. The van der Waals surface area contributed by atoms with Crippen LogP contribution in [0.3, 0.4) is 0 Å². The van der Waals surface area contributed by atoms with E-state index in [0.29, 0.717) is 5.56 Å². The van der Waals surface area contributed by atoms with E-state index in [1.165, 1.54) is 12.1 Å². The van der Waals surface area contributed by atoms with E-state index >= 15 is 0 Å². The number of carboxylic acids is 1. The van der Waals surface area contributed by atoms with Crippen LogP contribution < -0.4 is 0 Å². The van der Waals surface area contributed by atoms with E-state index in [4.69, 9.17) is 16.7 Å². The number of hydrogen-bond acceptors (Lipinski definition) is 1. The predicted molar refractivity (Wildman–Crippen MR) is 45.9 cm³/mol. The minimum atomic E-state index is -1.24. The summed E-state index contributed by atoms with van der Waals surface area (Å²) in [6.07, 6.45) is 0. The molecule has 0 heterocycles. The van der Waals surface area contributed by atoms with Crippen molar-refractivity contribution in [1.82, 2.24) is 0 Å². The number of aliphatic carboxylic acids is 1. The highest BCUT2D eigenvalue weighted by molar-refractivity contribution is 6.30. The van der Waals surface area contributed by atoms with Gasteiger partial charge in [-0.3, -0.25) is 0 Å². The molecule has 0 unspecified atom stereocenters. The van der Waals surface area contributed by atoms with Gasteiger partial charge in [-0.25, -0.2) is 9.18 Å². The third kappa shape index (κ3) is 2.77. The molecule has 13 heavy (non-hydrogen) atoms. The van der Waals surface area contributed by atoms with Crippen molar-refractivity contribution in [2.75, 3.05) is 0 Å². The van der Waals surface area contributed by atoms with Crippen LogP contribution in [0.25, 0.3) is 0 Å². The van der Waals surface area contributed by atoms with Crippen molar-refractivity contribution in [3.8, 4) is 11.8 Å². The molecule has 4 heteroatoms. The molecular formula is C9H4ClFO2. The van der Waals surface area contributed by atoms with Gasteiger partial charge in [-0.2, -0.15) is 0 Å². The molecule has 66 valence electrons. The summed E-state index contributed by atoms with van der Waals surface area (Å²) in [6, 6.07) is 3.76. The van der Waals surface area contributed by atoms with Crippen molar-refractivity contribution in [3.63, 3.8) is 0 Å². The molecule has 0 aliphatic carbocycles. The van der Waals surface area contributed by atoms with Crippen LogP contribution >= 0.6 is 11.6 Å². The van der Waals surface area contributed by atoms with Gasteiger partial charge < -0.3 is 5.11 Å². The second kappa shape index (κ2) is 3.92. The zero-order valence-electron chi connectivity index (χ0n) is 6.34. The van der Waals surface area contributed by atoms with Crippen molar-refractivity contribution < 1.29 is 14.3 Å². The number of hydrogen-bond donors (Lipinski definition) is 1. The van der Waals surface area contributed by atoms with E-state index in [1.807, 2.05) is 5.92 Å². The summed E-state index contributed by atoms with van der Waals surface area (Å²) in [5, 5.41) is 8.15. The Kier molecular flexibility index (Phi) is 2.88. The second-order valence-electron chi connectivity index (χ2n) is 2.18. The van der Waals surface area contributed by atoms with Crippen LogP contribution in [-0.4, -0.2) is 11.1 Å². The van der Waals surface area contributed by atoms with E-state index in [1.54, 1.807) is 0 Å². The van der Waals surface area contributed by atoms with Crippen LogP contribution in [0.1, 0.15) is 5.56 Å². The number of halogens is 2. The first kappa shape index (κ1) is 9.56. The molecule has 0 saturated heterocycles. The molecule has 2 nitrogen and oxygen atoms in total. The first-order valence-electron chi connectivity index (χ1n) is 3.29. The predicted octanol–water partition coefficient (Wildman–Crippen LogP) is 1.92. The Morgan fingerprint density at radius 3 is 2.77 bits per heavy atom. The molecule has 0 amide bonds. The quantitative estimate of drug-likeness (QED) is 0.647. The monoisotopic (exact) mass is 198 g/mol. The first-order valence-corrected chi connectivity index (χ1v) is 3.67. The molecule has 0 fully saturated rings. The van der Waals surface area contributed by atoms with Gasteiger partial charge in [0.25, 0.3) is 0 Å². The summed E-state index contributed by atoms with van der Waals surface area (Å²) >= 11 is 5.44. The SMILES string of the molecule is O=C(O)C#Cc1ccc(F)c(Cl)c1. The maximum atomic E-state index is 12.6. The van der Waals surface area contributed by atoms with Crippen LogP contribution in [-0.2, 0) is 4.79 Å². The lowest BCUT2D eigenvalue weighted by atomic mass is 10.2. The Labute approximate surface area is 79.0 Å². The average Bonchev–Trinajstić information content (AvgIpc) is 2.07. The van der Waals surface area contributed by atoms with Gasteiger partial charge in [0.15, 0.2) is 0 Å². The Hall–Kier alpha value is -1.53. The summed E-state index contributed by atoms with van der Waals surface area (Å²) in [6.45, 7) is 0. The van der Waals surface area contributed by atoms with Crippen LogP contribution in [0.15, 0.2) is 18.2 Å². The van der Waals surface area contributed by atoms with Crippen LogP contribution in [0, 0.1) is 17.7 Å². The van der Waals surface area contributed by atoms with Gasteiger partial charge in [-0.1, -0.05) is 17.5 Å². The van der Waals surface area contributed by atoms with Gasteiger partial charge in [-0.15, -0.1) is 0 Å². The van der Waals surface area contributed by atoms with E-state index < -0.39 is 11.8 Å². The lowest BCUT2D eigenvalue weighted by Gasteiger charge is -1.93. The molecule has 0 bridgehead atoms. The summed E-state index contributed by atoms with van der Waals surface area (Å²) < 4.78 is 12.6. The van der Waals surface area contributed by atoms with Crippen molar-refractivity contribution in [2.24, 2.45) is 0 Å². The van der Waals surface area contributed by atoms with Crippen molar-refractivity contribution in [2.45, 2.75) is 0 Å². The fourth-order valence-corrected chi connectivity index (χ4v) is 0.880. The highest BCUT2D eigenvalue weighted by Crippen LogP contribution is 2.14. The molecule has 0 spiro atoms. The van der Waals surface area contributed by atoms with E-state index in [9.17, 15) is 9.18 Å². The van der Waals surface area contributed by atoms with Crippen LogP contribution in [0.5, 0.6) is 0 Å². The Morgan fingerprint density at radius 2 is 2.23 bits per heavy atom. The lowest BCUT2D eigenvalue weighted by Crippen LogP contribution is -1.87. The topological polar surface area (TPSA) is 37.3 Å². The highest BCUT2D eigenvalue weighted by atomic mass is 35.5. The van der Waals surface area contributed by atoms with Crippen LogP contribution in [0.4, 0.5) is 4.39 Å². The van der Waals surface area contributed by atoms with Crippen molar-refractivity contribution >= 4 is 17.6 Å². The van der Waals surface area contributed by atoms with Gasteiger partial charge >= 0.3 is 5.97 Å². The van der Waals surface area contributed by atoms with E-state index in [-0.39, 0.29) is 5.02 Å². The number of benzene rings is 1. The fourth-order valence-electron chi connectivity index (χ4n) is 0.700. The zero-order chi connectivity index (χ0) is 9.84. The Bertz CT molecular complexity index is 404. The molecule has 0 aliphatic rings. The number of carboxylic acid groups (broad SMARTS) is 1. The van der Waals surface area contributed by atoms with Crippen LogP contribution in [0.2, 0.25) is 5.02 Å². The lowest BCUT2D eigenvalue weighted by molar-refractivity contribution is -0.130. The minimum Gasteiger partial charge on any atom is -0.472 e. The summed E-state index contributed by atoms with van der Waals surface area (Å²) in [7, 11) is 0. The molecule has 0 radical (unpaired) electrons. The molecule has 1 aromatic rings. The molecule has 1 N–H and O–H groups in total. The third-order valence-electron chi connectivity index (χ3n) is 1.23. The smallest absolute Gasteiger partial charge is 0.382 e. The summed E-state index contributed by atoms with van der Waals surface area (Å²) in [5.74, 6) is 2.42. The van der Waals surface area contributed by atoms with Gasteiger partial charge in [0.05, 0.1) is 5.02 Å². The zero-order valence-corrected chi connectivity index (χ0v) is 7.10. The third-order valence-corrected chi connectivity index (χ3v) is 1.52. The second-order valence-corrected chi connectivity index (χ2v) is 2.59. The fraction of sp³-hybridized carbons (Fsp3) is 0. The largest absolute Gasteiger partial charge is 0.472 e. The molecule has 0 aromatic heterocycles. The maximum absolute atomic E-state index is 12.6. The van der Waals surface area contributed by atoms with Gasteiger partial charge in [0.2, 0.25) is 0 Å². The standard InChI is InChI=1S/C9H4ClFO2/c10-7-5-6(1-3-8(7)11)2-4-9(12)13/h1,3,5H,(H,12,13). The summed E-state index contributed by atoms with van der Waals surface area (Å²) in [4.78, 5) is 10.0. The molecule has 1 aromatic carbocycles. The molecule has 0 atom stereocenters. The molecular weight excluding hydrogens is 195 g/mol. The van der Waals surface area contributed by atoms with E-state index in [2.05, 4.69) is 5.92 Å².